The SMILES string of the molecule is c1ccc(-c2nc(-c3ccc(-n4c5ccccc5c5cc6ccccc6cc54)cc3-c3c4ccccc4cc4oc5ccccc5c34)nc(-c3cccc4c5ccccc5c5ccccc5c34)n2)cc1. The first kappa shape index (κ1) is 38.6. The number of hydrogen-bond donors (Lipinski definition) is 0. The van der Waals surface area contributed by atoms with Crippen molar-refractivity contribution in [1.82, 2.24) is 19.5 Å². The molecule has 3 heterocycles. The largest absolute Gasteiger partial charge is 0.456 e. The Labute approximate surface area is 401 Å². The van der Waals surface area contributed by atoms with Crippen LogP contribution in [0.5, 0.6) is 0 Å². The van der Waals surface area contributed by atoms with Gasteiger partial charge in [-0.25, -0.2) is 15.0 Å². The average Bonchev–Trinajstić information content (AvgIpc) is 3.96. The molecular formula is C65H38N4O. The van der Waals surface area contributed by atoms with E-state index in [1.165, 1.54) is 37.7 Å². The zero-order valence-electron chi connectivity index (χ0n) is 37.6. The first-order valence-corrected chi connectivity index (χ1v) is 23.8. The molecule has 0 saturated carbocycles. The fourth-order valence-corrected chi connectivity index (χ4v) is 11.3. The molecule has 0 N–H and O–H groups in total. The first-order valence-electron chi connectivity index (χ1n) is 23.8. The second kappa shape index (κ2) is 15.0. The molecule has 0 bridgehead atoms. The Morgan fingerprint density at radius 1 is 0.300 bits per heavy atom. The summed E-state index contributed by atoms with van der Waals surface area (Å²) in [6, 6.07) is 82.2. The first-order chi connectivity index (χ1) is 34.7. The summed E-state index contributed by atoms with van der Waals surface area (Å²) in [6.45, 7) is 0. The summed E-state index contributed by atoms with van der Waals surface area (Å²) in [6.07, 6.45) is 0. The van der Waals surface area contributed by atoms with Gasteiger partial charge in [-0.15, -0.1) is 0 Å². The van der Waals surface area contributed by atoms with Crippen molar-refractivity contribution < 1.29 is 4.42 Å². The summed E-state index contributed by atoms with van der Waals surface area (Å²) >= 11 is 0. The van der Waals surface area contributed by atoms with Gasteiger partial charge in [0.15, 0.2) is 17.5 Å². The number of furan rings is 1. The molecule has 0 aliphatic heterocycles. The van der Waals surface area contributed by atoms with Crippen LogP contribution in [0.15, 0.2) is 235 Å². The van der Waals surface area contributed by atoms with Gasteiger partial charge in [-0.05, 0) is 103 Å². The summed E-state index contributed by atoms with van der Waals surface area (Å²) in [4.78, 5) is 16.5. The number of hydrogen-bond acceptors (Lipinski definition) is 4. The van der Waals surface area contributed by atoms with Gasteiger partial charge in [-0.3, -0.25) is 0 Å². The van der Waals surface area contributed by atoms with Crippen LogP contribution < -0.4 is 0 Å². The maximum atomic E-state index is 6.74. The average molecular weight is 891 g/mol. The Bertz CT molecular complexity index is 4620. The molecule has 70 heavy (non-hydrogen) atoms. The smallest absolute Gasteiger partial charge is 0.164 e. The van der Waals surface area contributed by atoms with Crippen LogP contribution in [-0.2, 0) is 0 Å². The third-order valence-electron chi connectivity index (χ3n) is 14.4. The zero-order valence-corrected chi connectivity index (χ0v) is 37.6. The molecule has 0 saturated heterocycles. The summed E-state index contributed by atoms with van der Waals surface area (Å²) in [5.41, 5.74) is 9.75. The van der Waals surface area contributed by atoms with Crippen LogP contribution >= 0.6 is 0 Å². The van der Waals surface area contributed by atoms with Crippen LogP contribution in [0.4, 0.5) is 0 Å². The third kappa shape index (κ3) is 5.76. The van der Waals surface area contributed by atoms with Crippen molar-refractivity contribution in [2.75, 3.05) is 0 Å². The van der Waals surface area contributed by atoms with E-state index >= 15 is 0 Å². The van der Waals surface area contributed by atoms with Gasteiger partial charge in [0.25, 0.3) is 0 Å². The van der Waals surface area contributed by atoms with Gasteiger partial charge in [-0.2, -0.15) is 0 Å². The van der Waals surface area contributed by atoms with Gasteiger partial charge in [0.2, 0.25) is 0 Å². The third-order valence-corrected chi connectivity index (χ3v) is 14.4. The number of fused-ring (bicyclic) bond motifs is 14. The lowest BCUT2D eigenvalue weighted by molar-refractivity contribution is 0.669. The highest BCUT2D eigenvalue weighted by molar-refractivity contribution is 6.28. The predicted octanol–water partition coefficient (Wildman–Crippen LogP) is 17.3. The molecule has 0 unspecified atom stereocenters. The maximum absolute atomic E-state index is 6.74. The summed E-state index contributed by atoms with van der Waals surface area (Å²) < 4.78 is 9.16. The molecule has 0 aliphatic rings. The summed E-state index contributed by atoms with van der Waals surface area (Å²) in [5, 5.41) is 16.1. The van der Waals surface area contributed by atoms with Crippen LogP contribution in [-0.4, -0.2) is 19.5 Å². The van der Waals surface area contributed by atoms with Crippen LogP contribution in [0.3, 0.4) is 0 Å². The molecule has 0 fully saturated rings. The standard InChI is InChI=1S/C65H38N4O/c1-2-17-39(18-3-1)63-66-64(68-65(67-63)53-30-16-29-50-47-24-9-8-23-45(47)46-25-10-11-27-49(46)60(50)53)51-34-33-43(69-56-31-14-12-26-48(56)54-35-40-19-4-5-20-41(40)36-57(54)69)38-55(51)61-44-22-7-6-21-42(44)37-59-62(61)52-28-13-15-32-58(52)70-59/h1-38H. The molecule has 15 rings (SSSR count). The van der Waals surface area contributed by atoms with Crippen molar-refractivity contribution in [1.29, 1.82) is 0 Å². The fraction of sp³-hybridized carbons (Fsp3) is 0. The quantitative estimate of drug-likeness (QED) is 0.162. The van der Waals surface area contributed by atoms with E-state index in [1.807, 2.05) is 24.3 Å². The van der Waals surface area contributed by atoms with Gasteiger partial charge < -0.3 is 8.98 Å². The lowest BCUT2D eigenvalue weighted by Crippen LogP contribution is -2.03. The predicted molar refractivity (Wildman–Crippen MR) is 291 cm³/mol. The van der Waals surface area contributed by atoms with E-state index in [0.29, 0.717) is 17.5 Å². The molecule has 15 aromatic rings. The van der Waals surface area contributed by atoms with E-state index in [9.17, 15) is 0 Å². The molecule has 5 nitrogen and oxygen atoms in total. The highest BCUT2D eigenvalue weighted by Gasteiger charge is 2.25. The Morgan fingerprint density at radius 3 is 1.64 bits per heavy atom. The Balaban J connectivity index is 1.08. The van der Waals surface area contributed by atoms with Crippen molar-refractivity contribution in [3.63, 3.8) is 0 Å². The molecule has 0 atom stereocenters. The van der Waals surface area contributed by atoms with Crippen molar-refractivity contribution in [2.45, 2.75) is 0 Å². The normalized spacial score (nSPS) is 12.0. The molecule has 12 aromatic carbocycles. The second-order valence-electron chi connectivity index (χ2n) is 18.2. The van der Waals surface area contributed by atoms with Gasteiger partial charge in [0.05, 0.1) is 11.0 Å². The van der Waals surface area contributed by atoms with Crippen LogP contribution in [0.25, 0.3) is 149 Å². The number of nitrogens with zero attached hydrogens (tertiary/aromatic N) is 4. The molecule has 0 aliphatic carbocycles. The van der Waals surface area contributed by atoms with E-state index in [4.69, 9.17) is 19.4 Å². The summed E-state index contributed by atoms with van der Waals surface area (Å²) in [5.74, 6) is 1.79. The molecule has 324 valence electrons. The fourth-order valence-electron chi connectivity index (χ4n) is 11.3. The molecule has 0 radical (unpaired) electrons. The highest BCUT2D eigenvalue weighted by Crippen LogP contribution is 2.47. The zero-order chi connectivity index (χ0) is 45.9. The Kier molecular flexibility index (Phi) is 8.29. The monoisotopic (exact) mass is 890 g/mol. The molecule has 0 amide bonds. The number of para-hydroxylation sites is 2. The van der Waals surface area contributed by atoms with Crippen molar-refractivity contribution in [3.8, 4) is 51.0 Å². The highest BCUT2D eigenvalue weighted by atomic mass is 16.3. The molecule has 5 heteroatoms. The number of rotatable bonds is 5. The molecule has 3 aromatic heterocycles. The van der Waals surface area contributed by atoms with Gasteiger partial charge in [0.1, 0.15) is 11.2 Å². The van der Waals surface area contributed by atoms with Crippen molar-refractivity contribution in [2.24, 2.45) is 0 Å². The van der Waals surface area contributed by atoms with E-state index in [1.54, 1.807) is 0 Å². The Hall–Kier alpha value is -9.45. The lowest BCUT2D eigenvalue weighted by atomic mass is 9.89. The molecule has 0 spiro atoms. The minimum Gasteiger partial charge on any atom is -0.456 e. The number of benzene rings is 12. The van der Waals surface area contributed by atoms with Gasteiger partial charge in [0, 0.05) is 54.9 Å². The van der Waals surface area contributed by atoms with Crippen molar-refractivity contribution in [3.05, 3.63) is 231 Å². The summed E-state index contributed by atoms with van der Waals surface area (Å²) in [7, 11) is 0. The van der Waals surface area contributed by atoms with Crippen LogP contribution in [0.1, 0.15) is 0 Å². The lowest BCUT2D eigenvalue weighted by Gasteiger charge is -2.18. The second-order valence-corrected chi connectivity index (χ2v) is 18.2. The number of aromatic nitrogens is 4. The van der Waals surface area contributed by atoms with Crippen molar-refractivity contribution >= 4 is 97.6 Å². The van der Waals surface area contributed by atoms with Gasteiger partial charge >= 0.3 is 0 Å². The molecular weight excluding hydrogens is 853 g/mol. The minimum atomic E-state index is 0.578. The van der Waals surface area contributed by atoms with E-state index in [0.717, 1.165) is 93.4 Å². The van der Waals surface area contributed by atoms with E-state index < -0.39 is 0 Å². The minimum absolute atomic E-state index is 0.578. The van der Waals surface area contributed by atoms with E-state index in [2.05, 4.69) is 211 Å². The Morgan fingerprint density at radius 2 is 0.871 bits per heavy atom. The van der Waals surface area contributed by atoms with E-state index in [-0.39, 0.29) is 0 Å². The van der Waals surface area contributed by atoms with Crippen LogP contribution in [0, 0.1) is 0 Å². The van der Waals surface area contributed by atoms with Crippen LogP contribution in [0.2, 0.25) is 0 Å². The van der Waals surface area contributed by atoms with Gasteiger partial charge in [-0.1, -0.05) is 182 Å². The maximum Gasteiger partial charge on any atom is 0.164 e. The topological polar surface area (TPSA) is 56.7 Å².